The average molecular weight is 351 g/mol. The molecular weight excluding hydrogens is 326 g/mol. The monoisotopic (exact) mass is 351 g/mol. The van der Waals surface area contributed by atoms with Gasteiger partial charge in [0.25, 0.3) is 0 Å². The van der Waals surface area contributed by atoms with Gasteiger partial charge in [0.05, 0.1) is 18.5 Å². The molecule has 1 saturated heterocycles. The van der Waals surface area contributed by atoms with Crippen LogP contribution in [0.4, 0.5) is 0 Å². The predicted octanol–water partition coefficient (Wildman–Crippen LogP) is 2.78. The molecule has 0 saturated carbocycles. The van der Waals surface area contributed by atoms with Crippen molar-refractivity contribution in [1.29, 1.82) is 0 Å². The summed E-state index contributed by atoms with van der Waals surface area (Å²) in [6.45, 7) is 3.32. The standard InChI is InChI=1S/C21H25N3O2/c1-4-14-12-10-13-15-9-11-5-6-16(25-3)19-17(11)21(13,7-8-24(15)2)20(26-19)18(12)23-22-14/h5-6,13,15,20H,4,7-10H2,1-3H3,(H,22,23)/t13-,15-,20-,21-/m0/s1. The first-order valence-electron chi connectivity index (χ1n) is 9.82. The fourth-order valence-electron chi connectivity index (χ4n) is 6.45. The van der Waals surface area contributed by atoms with Crippen LogP contribution in [-0.2, 0) is 24.7 Å². The molecule has 1 N–H and O–H groups in total. The number of piperidine rings is 1. The minimum atomic E-state index is 0.0469. The fraction of sp³-hybridized carbons (Fsp3) is 0.571. The third kappa shape index (κ3) is 1.51. The number of fused-ring (bicyclic) bond motifs is 2. The Hall–Kier alpha value is -2.01. The highest BCUT2D eigenvalue weighted by molar-refractivity contribution is 5.62. The molecule has 5 heteroatoms. The highest BCUT2D eigenvalue weighted by atomic mass is 16.5. The molecule has 1 spiro atoms. The van der Waals surface area contributed by atoms with E-state index in [4.69, 9.17) is 9.47 Å². The average Bonchev–Trinajstić information content (AvgIpc) is 3.21. The van der Waals surface area contributed by atoms with Crippen LogP contribution in [0, 0.1) is 5.92 Å². The maximum Gasteiger partial charge on any atom is 0.166 e. The van der Waals surface area contributed by atoms with E-state index in [1.807, 2.05) is 0 Å². The van der Waals surface area contributed by atoms with Crippen LogP contribution in [0.1, 0.15) is 47.5 Å². The van der Waals surface area contributed by atoms with Gasteiger partial charge in [-0.05, 0) is 56.8 Å². The fourth-order valence-corrected chi connectivity index (χ4v) is 6.45. The number of methoxy groups -OCH3 is 1. The quantitative estimate of drug-likeness (QED) is 0.904. The van der Waals surface area contributed by atoms with Crippen molar-refractivity contribution in [1.82, 2.24) is 15.1 Å². The van der Waals surface area contributed by atoms with Crippen molar-refractivity contribution in [3.05, 3.63) is 40.2 Å². The summed E-state index contributed by atoms with van der Waals surface area (Å²) in [5, 5.41) is 8.01. The van der Waals surface area contributed by atoms with Gasteiger partial charge in [-0.3, -0.25) is 5.10 Å². The lowest BCUT2D eigenvalue weighted by Gasteiger charge is -2.57. The number of ether oxygens (including phenoxy) is 2. The molecule has 3 heterocycles. The van der Waals surface area contributed by atoms with Crippen LogP contribution in [0.3, 0.4) is 0 Å². The Labute approximate surface area is 153 Å². The van der Waals surface area contributed by atoms with Gasteiger partial charge in [0.15, 0.2) is 17.6 Å². The maximum absolute atomic E-state index is 6.71. The number of likely N-dealkylation sites (N-methyl/N-ethyl adjacent to an activating group) is 1. The number of aromatic nitrogens is 2. The number of hydrogen-bond acceptors (Lipinski definition) is 4. The van der Waals surface area contributed by atoms with Gasteiger partial charge < -0.3 is 14.4 Å². The van der Waals surface area contributed by atoms with E-state index in [0.29, 0.717) is 12.0 Å². The van der Waals surface area contributed by atoms with E-state index in [-0.39, 0.29) is 11.5 Å². The molecule has 6 rings (SSSR count). The van der Waals surface area contributed by atoms with Crippen molar-refractivity contribution in [2.75, 3.05) is 20.7 Å². The molecule has 2 bridgehead atoms. The highest BCUT2D eigenvalue weighted by Gasteiger charge is 2.65. The van der Waals surface area contributed by atoms with E-state index in [2.05, 4.69) is 41.2 Å². The van der Waals surface area contributed by atoms with Crippen molar-refractivity contribution in [3.63, 3.8) is 0 Å². The van der Waals surface area contributed by atoms with Crippen LogP contribution in [0.15, 0.2) is 12.1 Å². The highest BCUT2D eigenvalue weighted by Crippen LogP contribution is 2.67. The van der Waals surface area contributed by atoms with Gasteiger partial charge >= 0.3 is 0 Å². The van der Waals surface area contributed by atoms with Gasteiger partial charge in [0.1, 0.15) is 0 Å². The third-order valence-electron chi connectivity index (χ3n) is 7.60. The van der Waals surface area contributed by atoms with Crippen LogP contribution in [0.5, 0.6) is 11.5 Å². The molecule has 0 radical (unpaired) electrons. The Bertz CT molecular complexity index is 920. The van der Waals surface area contributed by atoms with Crippen molar-refractivity contribution in [3.8, 4) is 11.5 Å². The molecule has 5 nitrogen and oxygen atoms in total. The molecular formula is C21H25N3O2. The Morgan fingerprint density at radius 1 is 1.38 bits per heavy atom. The molecule has 0 amide bonds. The lowest BCUT2D eigenvalue weighted by atomic mass is 9.51. The first-order chi connectivity index (χ1) is 12.7. The van der Waals surface area contributed by atoms with Gasteiger partial charge in [0.2, 0.25) is 0 Å². The maximum atomic E-state index is 6.71. The number of aryl methyl sites for hydroxylation is 1. The van der Waals surface area contributed by atoms with Gasteiger partial charge in [-0.15, -0.1) is 0 Å². The van der Waals surface area contributed by atoms with Crippen LogP contribution >= 0.6 is 0 Å². The van der Waals surface area contributed by atoms with Crippen molar-refractivity contribution in [2.45, 2.75) is 50.2 Å². The molecule has 1 aromatic heterocycles. The summed E-state index contributed by atoms with van der Waals surface area (Å²) >= 11 is 0. The first-order valence-corrected chi connectivity index (χ1v) is 9.82. The Morgan fingerprint density at radius 3 is 3.08 bits per heavy atom. The van der Waals surface area contributed by atoms with E-state index >= 15 is 0 Å². The largest absolute Gasteiger partial charge is 0.493 e. The summed E-state index contributed by atoms with van der Waals surface area (Å²) in [7, 11) is 4.04. The predicted molar refractivity (Wildman–Crippen MR) is 97.9 cm³/mol. The smallest absolute Gasteiger partial charge is 0.166 e. The third-order valence-corrected chi connectivity index (χ3v) is 7.60. The summed E-state index contributed by atoms with van der Waals surface area (Å²) in [6.07, 6.45) is 4.38. The van der Waals surface area contributed by atoms with Crippen LogP contribution in [0.2, 0.25) is 0 Å². The minimum absolute atomic E-state index is 0.0469. The minimum Gasteiger partial charge on any atom is -0.493 e. The van der Waals surface area contributed by atoms with E-state index < -0.39 is 0 Å². The van der Waals surface area contributed by atoms with Gasteiger partial charge in [-0.25, -0.2) is 0 Å². The molecule has 1 aromatic carbocycles. The van der Waals surface area contributed by atoms with E-state index in [1.165, 1.54) is 28.1 Å². The zero-order valence-electron chi connectivity index (χ0n) is 15.6. The van der Waals surface area contributed by atoms with E-state index in [0.717, 1.165) is 43.7 Å². The molecule has 26 heavy (non-hydrogen) atoms. The second-order valence-corrected chi connectivity index (χ2v) is 8.40. The lowest BCUT2D eigenvalue weighted by molar-refractivity contribution is -0.0257. The van der Waals surface area contributed by atoms with E-state index in [1.54, 1.807) is 7.11 Å². The molecule has 2 aliphatic heterocycles. The van der Waals surface area contributed by atoms with Crippen molar-refractivity contribution >= 4 is 0 Å². The molecule has 0 unspecified atom stereocenters. The number of aromatic amines is 1. The van der Waals surface area contributed by atoms with Crippen molar-refractivity contribution in [2.24, 2.45) is 5.92 Å². The molecule has 4 atom stereocenters. The topological polar surface area (TPSA) is 50.4 Å². The number of nitrogens with zero attached hydrogens (tertiary/aromatic N) is 2. The second-order valence-electron chi connectivity index (χ2n) is 8.40. The lowest BCUT2D eigenvalue weighted by Crippen LogP contribution is -2.62. The summed E-state index contributed by atoms with van der Waals surface area (Å²) < 4.78 is 12.4. The Kier molecular flexibility index (Phi) is 2.80. The zero-order chi connectivity index (χ0) is 17.6. The van der Waals surface area contributed by atoms with Gasteiger partial charge in [-0.2, -0.15) is 5.10 Å². The summed E-state index contributed by atoms with van der Waals surface area (Å²) in [6, 6.07) is 4.94. The number of rotatable bonds is 2. The molecule has 4 aliphatic rings. The number of benzene rings is 1. The summed E-state index contributed by atoms with van der Waals surface area (Å²) in [4.78, 5) is 2.58. The number of hydrogen-bond donors (Lipinski definition) is 1. The van der Waals surface area contributed by atoms with Gasteiger partial charge in [-0.1, -0.05) is 13.0 Å². The number of H-pyrrole nitrogens is 1. The summed E-state index contributed by atoms with van der Waals surface area (Å²) in [5.74, 6) is 2.45. The molecule has 2 aromatic rings. The van der Waals surface area contributed by atoms with Crippen LogP contribution in [0.25, 0.3) is 0 Å². The Balaban J connectivity index is 1.66. The molecule has 2 aliphatic carbocycles. The Morgan fingerprint density at radius 2 is 2.27 bits per heavy atom. The van der Waals surface area contributed by atoms with Gasteiger partial charge in [0, 0.05) is 22.6 Å². The number of nitrogens with one attached hydrogen (secondary N) is 1. The number of likely N-dealkylation sites (tertiary alicyclic amines) is 1. The second kappa shape index (κ2) is 4.83. The van der Waals surface area contributed by atoms with Crippen molar-refractivity contribution < 1.29 is 9.47 Å². The normalized spacial score (nSPS) is 33.4. The molecule has 1 fully saturated rings. The van der Waals surface area contributed by atoms with E-state index in [9.17, 15) is 0 Å². The van der Waals surface area contributed by atoms with Crippen LogP contribution < -0.4 is 9.47 Å². The zero-order valence-corrected chi connectivity index (χ0v) is 15.6. The summed E-state index contributed by atoms with van der Waals surface area (Å²) in [5.41, 5.74) is 6.80. The SMILES string of the molecule is CCc1n[nH]c2c1C[C@H]1[C@@H]3Cc4ccc(OC)c5c4[C@@]1(CCN3C)[C@H]2O5. The molecule has 136 valence electrons. The first kappa shape index (κ1) is 15.1. The van der Waals surface area contributed by atoms with Crippen LogP contribution in [-0.4, -0.2) is 41.8 Å².